The summed E-state index contributed by atoms with van der Waals surface area (Å²) in [7, 11) is -3.70. The maximum absolute atomic E-state index is 14.1. The van der Waals surface area contributed by atoms with Crippen molar-refractivity contribution in [2.75, 3.05) is 19.5 Å². The van der Waals surface area contributed by atoms with Gasteiger partial charge in [0.05, 0.1) is 12.3 Å². The van der Waals surface area contributed by atoms with Crippen molar-refractivity contribution in [2.45, 2.75) is 82.7 Å². The summed E-state index contributed by atoms with van der Waals surface area (Å²) in [5.74, 6) is -0.113. The molecular formula is C31H43FN4O5S. The molecule has 11 heteroatoms. The van der Waals surface area contributed by atoms with Gasteiger partial charge in [0, 0.05) is 35.8 Å². The molecule has 230 valence electrons. The van der Waals surface area contributed by atoms with Gasteiger partial charge in [0.25, 0.3) is 5.91 Å². The standard InChI is InChI=1S/C31H43FN4O5S/c1-42(40,41)35-30(38)27-17-23-15-19(7-12-26(23)34-27)16-28(37)29-24(20-5-3-2-4-6-20)13-14-36(29)31(39)22-10-8-21(9-11-22)25(33)18-32/h7,12,15,17,20-22,24-25,29,34H,2-6,8-11,13-14,16,18,33H2,1H3,(H,35,38)/t21?,22?,24-,25+,29-/m0/s1. The lowest BCUT2D eigenvalue weighted by molar-refractivity contribution is -0.143. The summed E-state index contributed by atoms with van der Waals surface area (Å²) in [6.07, 6.45) is 10.5. The molecule has 1 aromatic heterocycles. The van der Waals surface area contributed by atoms with Crippen LogP contribution in [-0.4, -0.2) is 67.5 Å². The highest BCUT2D eigenvalue weighted by atomic mass is 32.2. The molecule has 1 aliphatic heterocycles. The molecule has 0 spiro atoms. The average Bonchev–Trinajstić information content (AvgIpc) is 3.61. The zero-order valence-corrected chi connectivity index (χ0v) is 25.1. The molecule has 2 amide bonds. The fraction of sp³-hybridized carbons (Fsp3) is 0.645. The first-order valence-electron chi connectivity index (χ1n) is 15.3. The Morgan fingerprint density at radius 1 is 1.05 bits per heavy atom. The topological polar surface area (TPSA) is 142 Å². The van der Waals surface area contributed by atoms with Crippen LogP contribution in [0.15, 0.2) is 24.3 Å². The number of carbonyl (C=O) groups is 3. The van der Waals surface area contributed by atoms with Gasteiger partial charge in [-0.2, -0.15) is 0 Å². The molecule has 5 rings (SSSR count). The number of halogens is 1. The molecule has 0 radical (unpaired) electrons. The zero-order chi connectivity index (χ0) is 30.0. The minimum Gasteiger partial charge on any atom is -0.351 e. The van der Waals surface area contributed by atoms with Gasteiger partial charge in [0.15, 0.2) is 5.78 Å². The SMILES string of the molecule is CS(=O)(=O)NC(=O)c1cc2cc(CC(=O)[C@@H]3[C@H](C4CCCCC4)CCN3C(=O)C3CCC([C@H](N)CF)CC3)ccc2[nH]1. The number of nitrogens with two attached hydrogens (primary N) is 1. The fourth-order valence-electron chi connectivity index (χ4n) is 7.63. The molecule has 2 aromatic rings. The monoisotopic (exact) mass is 602 g/mol. The third-order valence-corrected chi connectivity index (χ3v) is 10.4. The Morgan fingerprint density at radius 3 is 2.43 bits per heavy atom. The van der Waals surface area contributed by atoms with Crippen LogP contribution in [0.1, 0.15) is 80.3 Å². The zero-order valence-electron chi connectivity index (χ0n) is 24.3. The van der Waals surface area contributed by atoms with Crippen LogP contribution in [0.4, 0.5) is 4.39 Å². The van der Waals surface area contributed by atoms with Gasteiger partial charge in [-0.25, -0.2) is 17.5 Å². The van der Waals surface area contributed by atoms with E-state index in [2.05, 4.69) is 4.98 Å². The van der Waals surface area contributed by atoms with Crippen LogP contribution in [0, 0.1) is 23.7 Å². The van der Waals surface area contributed by atoms with E-state index in [1.54, 1.807) is 12.1 Å². The first-order chi connectivity index (χ1) is 20.0. The number of likely N-dealkylation sites (tertiary alicyclic amines) is 1. The number of aromatic amines is 1. The first kappa shape index (κ1) is 30.7. The molecule has 1 saturated heterocycles. The van der Waals surface area contributed by atoms with Gasteiger partial charge in [0.2, 0.25) is 15.9 Å². The summed E-state index contributed by atoms with van der Waals surface area (Å²) < 4.78 is 38.0. The van der Waals surface area contributed by atoms with Gasteiger partial charge in [0.1, 0.15) is 12.4 Å². The summed E-state index contributed by atoms with van der Waals surface area (Å²) in [5, 5.41) is 0.699. The molecule has 2 aliphatic carbocycles. The van der Waals surface area contributed by atoms with Crippen LogP contribution >= 0.6 is 0 Å². The molecule has 0 bridgehead atoms. The number of amides is 2. The average molecular weight is 603 g/mol. The predicted molar refractivity (Wildman–Crippen MR) is 159 cm³/mol. The molecule has 4 N–H and O–H groups in total. The number of aromatic nitrogens is 1. The Labute approximate surface area is 247 Å². The molecule has 9 nitrogen and oxygen atoms in total. The number of sulfonamides is 1. The Morgan fingerprint density at radius 2 is 1.76 bits per heavy atom. The van der Waals surface area contributed by atoms with E-state index in [0.29, 0.717) is 36.2 Å². The van der Waals surface area contributed by atoms with E-state index in [1.807, 2.05) is 21.8 Å². The summed E-state index contributed by atoms with van der Waals surface area (Å²) in [4.78, 5) is 45.0. The van der Waals surface area contributed by atoms with Gasteiger partial charge in [-0.05, 0) is 73.6 Å². The van der Waals surface area contributed by atoms with Gasteiger partial charge < -0.3 is 15.6 Å². The van der Waals surface area contributed by atoms with Crippen molar-refractivity contribution >= 4 is 38.5 Å². The summed E-state index contributed by atoms with van der Waals surface area (Å²) in [6.45, 7) is 0.0503. The summed E-state index contributed by atoms with van der Waals surface area (Å²) >= 11 is 0. The number of H-pyrrole nitrogens is 1. The quantitative estimate of drug-likeness (QED) is 0.398. The summed E-state index contributed by atoms with van der Waals surface area (Å²) in [6, 6.07) is 6.11. The second-order valence-electron chi connectivity index (χ2n) is 12.7. The van der Waals surface area contributed by atoms with E-state index >= 15 is 0 Å². The molecule has 2 heterocycles. The molecule has 3 aliphatic rings. The second-order valence-corrected chi connectivity index (χ2v) is 14.5. The number of alkyl halides is 1. The van der Waals surface area contributed by atoms with Crippen molar-refractivity contribution in [3.05, 3.63) is 35.5 Å². The first-order valence-corrected chi connectivity index (χ1v) is 17.2. The molecule has 2 saturated carbocycles. The number of hydrogen-bond donors (Lipinski definition) is 3. The Balaban J connectivity index is 1.33. The van der Waals surface area contributed by atoms with E-state index in [9.17, 15) is 27.2 Å². The lowest BCUT2D eigenvalue weighted by Gasteiger charge is -2.37. The van der Waals surface area contributed by atoms with Gasteiger partial charge in [-0.1, -0.05) is 38.2 Å². The van der Waals surface area contributed by atoms with E-state index in [-0.39, 0.29) is 41.6 Å². The maximum Gasteiger partial charge on any atom is 0.281 e. The van der Waals surface area contributed by atoms with Crippen LogP contribution in [0.3, 0.4) is 0 Å². The Kier molecular flexibility index (Phi) is 9.37. The van der Waals surface area contributed by atoms with Crippen molar-refractivity contribution in [2.24, 2.45) is 29.4 Å². The largest absolute Gasteiger partial charge is 0.351 e. The number of nitrogens with zero attached hydrogens (tertiary/aromatic N) is 1. The number of carbonyl (C=O) groups excluding carboxylic acids is 3. The molecule has 3 atom stereocenters. The Hall–Kier alpha value is -2.79. The highest BCUT2D eigenvalue weighted by Crippen LogP contribution is 2.41. The number of fused-ring (bicyclic) bond motifs is 1. The lowest BCUT2D eigenvalue weighted by atomic mass is 9.75. The third-order valence-electron chi connectivity index (χ3n) is 9.80. The van der Waals surface area contributed by atoms with E-state index in [1.165, 1.54) is 6.42 Å². The third kappa shape index (κ3) is 6.88. The van der Waals surface area contributed by atoms with Crippen molar-refractivity contribution < 1.29 is 27.2 Å². The minimum atomic E-state index is -3.70. The Bertz CT molecular complexity index is 1410. The van der Waals surface area contributed by atoms with Crippen LogP contribution in [-0.2, 0) is 26.0 Å². The fourth-order valence-corrected chi connectivity index (χ4v) is 8.08. The number of hydrogen-bond acceptors (Lipinski definition) is 6. The predicted octanol–water partition coefficient (Wildman–Crippen LogP) is 3.87. The van der Waals surface area contributed by atoms with Crippen molar-refractivity contribution in [1.82, 2.24) is 14.6 Å². The highest BCUT2D eigenvalue weighted by molar-refractivity contribution is 7.89. The van der Waals surface area contributed by atoms with Crippen LogP contribution in [0.5, 0.6) is 0 Å². The molecule has 1 aromatic carbocycles. The molecule has 0 unspecified atom stereocenters. The van der Waals surface area contributed by atoms with Crippen molar-refractivity contribution in [3.8, 4) is 0 Å². The van der Waals surface area contributed by atoms with Crippen molar-refractivity contribution in [3.63, 3.8) is 0 Å². The van der Waals surface area contributed by atoms with Crippen LogP contribution in [0.2, 0.25) is 0 Å². The molecular weight excluding hydrogens is 559 g/mol. The van der Waals surface area contributed by atoms with Crippen molar-refractivity contribution in [1.29, 1.82) is 0 Å². The van der Waals surface area contributed by atoms with E-state index in [0.717, 1.165) is 56.8 Å². The summed E-state index contributed by atoms with van der Waals surface area (Å²) in [5.41, 5.74) is 7.50. The van der Waals surface area contributed by atoms with Crippen LogP contribution in [0.25, 0.3) is 10.9 Å². The number of benzene rings is 1. The smallest absolute Gasteiger partial charge is 0.281 e. The maximum atomic E-state index is 14.1. The number of nitrogens with one attached hydrogen (secondary N) is 2. The van der Waals surface area contributed by atoms with Crippen LogP contribution < -0.4 is 10.5 Å². The number of Topliss-reactive ketones (excluding diaryl/α,β-unsaturated/α-hetero) is 1. The molecule has 3 fully saturated rings. The minimum absolute atomic E-state index is 0.0366. The van der Waals surface area contributed by atoms with Gasteiger partial charge >= 0.3 is 0 Å². The van der Waals surface area contributed by atoms with Gasteiger partial charge in [-0.15, -0.1) is 0 Å². The normalized spacial score (nSPS) is 26.3. The second kappa shape index (κ2) is 12.8. The van der Waals surface area contributed by atoms with E-state index < -0.39 is 34.7 Å². The lowest BCUT2D eigenvalue weighted by Crippen LogP contribution is -2.48. The number of ketones is 1. The highest BCUT2D eigenvalue weighted by Gasteiger charge is 2.46. The van der Waals surface area contributed by atoms with E-state index in [4.69, 9.17) is 5.73 Å². The number of rotatable bonds is 9. The molecule has 42 heavy (non-hydrogen) atoms. The van der Waals surface area contributed by atoms with Gasteiger partial charge in [-0.3, -0.25) is 14.4 Å².